The normalized spacial score (nSPS) is 10.0. The number of nitrogens with two attached hydrogens (primary N) is 1. The van der Waals surface area contributed by atoms with Gasteiger partial charge in [0.25, 0.3) is 0 Å². The van der Waals surface area contributed by atoms with E-state index in [2.05, 4.69) is 0 Å². The number of methoxy groups -OCH3 is 1. The second-order valence-electron chi connectivity index (χ2n) is 3.21. The number of thiocarbonyl (C=S) groups is 1. The van der Waals surface area contributed by atoms with Crippen LogP contribution < -0.4 is 10.5 Å². The lowest BCUT2D eigenvalue weighted by molar-refractivity contribution is 0.146. The van der Waals surface area contributed by atoms with Gasteiger partial charge >= 0.3 is 0 Å². The summed E-state index contributed by atoms with van der Waals surface area (Å²) in [4.78, 5) is 0.349. The Bertz CT molecular complexity index is 352. The molecular weight excluding hydrogens is 210 g/mol. The molecule has 0 bridgehead atoms. The Morgan fingerprint density at radius 3 is 2.73 bits per heavy atom. The van der Waals surface area contributed by atoms with Gasteiger partial charge < -0.3 is 15.2 Å². The monoisotopic (exact) mass is 225 g/mol. The van der Waals surface area contributed by atoms with Crippen LogP contribution in [0.4, 0.5) is 0 Å². The van der Waals surface area contributed by atoms with Gasteiger partial charge in [0, 0.05) is 7.11 Å². The predicted molar refractivity (Wildman–Crippen MR) is 64.4 cm³/mol. The molecule has 3 nitrogen and oxygen atoms in total. The minimum absolute atomic E-state index is 0.349. The van der Waals surface area contributed by atoms with Gasteiger partial charge in [-0.05, 0) is 24.6 Å². The van der Waals surface area contributed by atoms with Crippen LogP contribution in [0.15, 0.2) is 18.2 Å². The number of ether oxygens (including phenoxy) is 2. The molecule has 1 aromatic carbocycles. The number of benzene rings is 1. The highest BCUT2D eigenvalue weighted by molar-refractivity contribution is 7.80. The summed E-state index contributed by atoms with van der Waals surface area (Å²) in [7, 11) is 1.63. The Kier molecular flexibility index (Phi) is 4.52. The lowest BCUT2D eigenvalue weighted by atomic mass is 10.1. The molecule has 0 saturated heterocycles. The molecule has 0 unspecified atom stereocenters. The van der Waals surface area contributed by atoms with Crippen molar-refractivity contribution in [3.05, 3.63) is 29.3 Å². The summed E-state index contributed by atoms with van der Waals surface area (Å²) in [6.45, 7) is 3.03. The van der Waals surface area contributed by atoms with Crippen molar-refractivity contribution in [2.45, 2.75) is 6.92 Å². The third-order valence-corrected chi connectivity index (χ3v) is 2.17. The van der Waals surface area contributed by atoms with Crippen LogP contribution in [0.5, 0.6) is 5.75 Å². The fraction of sp³-hybridized carbons (Fsp3) is 0.364. The molecule has 0 saturated carbocycles. The van der Waals surface area contributed by atoms with Crippen LogP contribution in [0, 0.1) is 6.92 Å². The highest BCUT2D eigenvalue weighted by Gasteiger charge is 2.06. The zero-order valence-electron chi connectivity index (χ0n) is 8.95. The van der Waals surface area contributed by atoms with Gasteiger partial charge in [-0.3, -0.25) is 0 Å². The largest absolute Gasteiger partial charge is 0.490 e. The smallest absolute Gasteiger partial charge is 0.129 e. The van der Waals surface area contributed by atoms with Gasteiger partial charge in [0.15, 0.2) is 0 Å². The van der Waals surface area contributed by atoms with Crippen LogP contribution in [0.25, 0.3) is 0 Å². The van der Waals surface area contributed by atoms with Gasteiger partial charge in [-0.25, -0.2) is 0 Å². The van der Waals surface area contributed by atoms with E-state index >= 15 is 0 Å². The summed E-state index contributed by atoms with van der Waals surface area (Å²) in [5.41, 5.74) is 7.47. The molecule has 0 aromatic heterocycles. The quantitative estimate of drug-likeness (QED) is 0.611. The van der Waals surface area contributed by atoms with Crippen LogP contribution in [0.1, 0.15) is 11.1 Å². The van der Waals surface area contributed by atoms with Crippen molar-refractivity contribution in [2.75, 3.05) is 20.3 Å². The molecule has 0 fully saturated rings. The van der Waals surface area contributed by atoms with Gasteiger partial charge in [-0.2, -0.15) is 0 Å². The van der Waals surface area contributed by atoms with Crippen LogP contribution in [-0.2, 0) is 4.74 Å². The molecule has 0 amide bonds. The number of hydrogen-bond donors (Lipinski definition) is 1. The highest BCUT2D eigenvalue weighted by Crippen LogP contribution is 2.20. The van der Waals surface area contributed by atoms with E-state index in [1.807, 2.05) is 25.1 Å². The molecule has 2 N–H and O–H groups in total. The van der Waals surface area contributed by atoms with E-state index in [1.165, 1.54) is 0 Å². The Balaban J connectivity index is 2.82. The SMILES string of the molecule is COCCOc1cc(C)ccc1C(N)=S. The minimum Gasteiger partial charge on any atom is -0.490 e. The Morgan fingerprint density at radius 1 is 1.40 bits per heavy atom. The fourth-order valence-electron chi connectivity index (χ4n) is 1.19. The van der Waals surface area contributed by atoms with Crippen molar-refractivity contribution < 1.29 is 9.47 Å². The molecule has 0 spiro atoms. The number of hydrogen-bond acceptors (Lipinski definition) is 3. The number of rotatable bonds is 5. The van der Waals surface area contributed by atoms with Gasteiger partial charge in [-0.1, -0.05) is 18.3 Å². The highest BCUT2D eigenvalue weighted by atomic mass is 32.1. The number of aryl methyl sites for hydroxylation is 1. The summed E-state index contributed by atoms with van der Waals surface area (Å²) < 4.78 is 10.4. The average Bonchev–Trinajstić information content (AvgIpc) is 2.18. The van der Waals surface area contributed by atoms with Gasteiger partial charge in [0.05, 0.1) is 12.2 Å². The van der Waals surface area contributed by atoms with Crippen LogP contribution >= 0.6 is 12.2 Å². The van der Waals surface area contributed by atoms with E-state index in [0.29, 0.717) is 18.2 Å². The van der Waals surface area contributed by atoms with Gasteiger partial charge in [0.2, 0.25) is 0 Å². The lowest BCUT2D eigenvalue weighted by Crippen LogP contribution is -2.13. The minimum atomic E-state index is 0.349. The van der Waals surface area contributed by atoms with Crippen molar-refractivity contribution in [2.24, 2.45) is 5.73 Å². The van der Waals surface area contributed by atoms with E-state index in [4.69, 9.17) is 27.4 Å². The molecule has 0 aliphatic heterocycles. The Morgan fingerprint density at radius 2 is 2.13 bits per heavy atom. The Hall–Kier alpha value is -1.13. The van der Waals surface area contributed by atoms with Gasteiger partial charge in [-0.15, -0.1) is 0 Å². The summed E-state index contributed by atoms with van der Waals surface area (Å²) in [6, 6.07) is 5.75. The van der Waals surface area contributed by atoms with Crippen molar-refractivity contribution in [1.29, 1.82) is 0 Å². The van der Waals surface area contributed by atoms with Crippen molar-refractivity contribution in [3.63, 3.8) is 0 Å². The van der Waals surface area contributed by atoms with Crippen LogP contribution in [0.3, 0.4) is 0 Å². The molecule has 0 radical (unpaired) electrons. The molecular formula is C11H15NO2S. The van der Waals surface area contributed by atoms with E-state index in [0.717, 1.165) is 16.9 Å². The molecule has 0 atom stereocenters. The van der Waals surface area contributed by atoms with Crippen molar-refractivity contribution >= 4 is 17.2 Å². The zero-order chi connectivity index (χ0) is 11.3. The van der Waals surface area contributed by atoms with E-state index in [9.17, 15) is 0 Å². The average molecular weight is 225 g/mol. The molecule has 82 valence electrons. The maximum absolute atomic E-state index is 5.59. The van der Waals surface area contributed by atoms with Crippen molar-refractivity contribution in [1.82, 2.24) is 0 Å². The first-order chi connectivity index (χ1) is 7.15. The molecule has 0 aliphatic rings. The van der Waals surface area contributed by atoms with E-state index in [-0.39, 0.29) is 0 Å². The second-order valence-corrected chi connectivity index (χ2v) is 3.64. The summed E-state index contributed by atoms with van der Waals surface area (Å²) in [6.07, 6.45) is 0. The molecule has 0 aliphatic carbocycles. The first-order valence-electron chi connectivity index (χ1n) is 4.67. The first-order valence-corrected chi connectivity index (χ1v) is 5.08. The molecule has 4 heteroatoms. The zero-order valence-corrected chi connectivity index (χ0v) is 9.76. The summed E-state index contributed by atoms with van der Waals surface area (Å²) in [5.74, 6) is 0.722. The first kappa shape index (κ1) is 11.9. The predicted octanol–water partition coefficient (Wildman–Crippen LogP) is 1.65. The third-order valence-electron chi connectivity index (χ3n) is 1.95. The van der Waals surface area contributed by atoms with Crippen molar-refractivity contribution in [3.8, 4) is 5.75 Å². The van der Waals surface area contributed by atoms with Crippen LogP contribution in [-0.4, -0.2) is 25.3 Å². The fourth-order valence-corrected chi connectivity index (χ4v) is 1.36. The molecule has 15 heavy (non-hydrogen) atoms. The Labute approximate surface area is 95.2 Å². The summed E-state index contributed by atoms with van der Waals surface area (Å²) in [5, 5.41) is 0. The molecule has 1 rings (SSSR count). The topological polar surface area (TPSA) is 44.5 Å². The molecule has 1 aromatic rings. The molecule has 0 heterocycles. The van der Waals surface area contributed by atoms with Gasteiger partial charge in [0.1, 0.15) is 17.3 Å². The second kappa shape index (κ2) is 5.68. The van der Waals surface area contributed by atoms with E-state index < -0.39 is 0 Å². The standard InChI is InChI=1S/C11H15NO2S/c1-8-3-4-9(11(12)15)10(7-8)14-6-5-13-2/h3-4,7H,5-6H2,1-2H3,(H2,12,15). The maximum atomic E-state index is 5.59. The van der Waals surface area contributed by atoms with Crippen LogP contribution in [0.2, 0.25) is 0 Å². The lowest BCUT2D eigenvalue weighted by Gasteiger charge is -2.10. The van der Waals surface area contributed by atoms with E-state index in [1.54, 1.807) is 7.11 Å². The third kappa shape index (κ3) is 3.49. The summed E-state index contributed by atoms with van der Waals surface area (Å²) >= 11 is 4.94. The maximum Gasteiger partial charge on any atom is 0.129 e.